The second-order valence-corrected chi connectivity index (χ2v) is 3.44. The van der Waals surface area contributed by atoms with Gasteiger partial charge in [-0.2, -0.15) is 15.0 Å². The summed E-state index contributed by atoms with van der Waals surface area (Å²) in [5.41, 5.74) is 0. The van der Waals surface area contributed by atoms with Crippen molar-refractivity contribution in [1.82, 2.24) is 15.0 Å². The summed E-state index contributed by atoms with van der Waals surface area (Å²) in [6.45, 7) is 0. The van der Waals surface area contributed by atoms with E-state index in [0.717, 1.165) is 7.11 Å². The molecule has 0 fully saturated rings. The van der Waals surface area contributed by atoms with Gasteiger partial charge < -0.3 is 9.64 Å². The zero-order valence-electron chi connectivity index (χ0n) is 10.1. The van der Waals surface area contributed by atoms with E-state index in [1.165, 1.54) is 19.0 Å². The molecular weight excluding hydrogens is 267 g/mol. The fourth-order valence-corrected chi connectivity index (χ4v) is 1.01. The van der Waals surface area contributed by atoms with Crippen LogP contribution in [0.25, 0.3) is 0 Å². The first-order valence-corrected chi connectivity index (χ1v) is 4.69. The smallest absolute Gasteiger partial charge is 0.467 e. The molecule has 1 rings (SSSR count). The number of hydrogen-bond acceptors (Lipinski definition) is 9. The molecule has 1 aromatic heterocycles. The van der Waals surface area contributed by atoms with Crippen molar-refractivity contribution in [2.24, 2.45) is 0 Å². The number of nitrogens with zero attached hydrogens (tertiary/aromatic N) is 6. The van der Waals surface area contributed by atoms with Crippen molar-refractivity contribution in [2.75, 3.05) is 26.1 Å². The van der Waals surface area contributed by atoms with Gasteiger partial charge >= 0.3 is 17.8 Å². The van der Waals surface area contributed by atoms with Crippen LogP contribution in [-0.2, 0) is 5.92 Å². The predicted octanol–water partition coefficient (Wildman–Crippen LogP) is -0.421. The van der Waals surface area contributed by atoms with E-state index in [9.17, 15) is 24.6 Å². The van der Waals surface area contributed by atoms with Crippen LogP contribution in [0.1, 0.15) is 5.82 Å². The Kier molecular flexibility index (Phi) is 3.72. The lowest BCUT2D eigenvalue weighted by Crippen LogP contribution is -2.41. The maximum absolute atomic E-state index is 13.9. The van der Waals surface area contributed by atoms with Gasteiger partial charge in [0.15, 0.2) is 0 Å². The summed E-state index contributed by atoms with van der Waals surface area (Å²) in [6, 6.07) is -0.473. The number of aromatic nitrogens is 3. The second kappa shape index (κ2) is 4.91. The molecule has 1 heterocycles. The lowest BCUT2D eigenvalue weighted by Gasteiger charge is -2.12. The third kappa shape index (κ3) is 2.46. The fourth-order valence-electron chi connectivity index (χ4n) is 1.01. The van der Waals surface area contributed by atoms with Gasteiger partial charge in [-0.15, -0.1) is 0 Å². The zero-order chi connectivity index (χ0) is 14.8. The van der Waals surface area contributed by atoms with Gasteiger partial charge in [-0.1, -0.05) is 4.39 Å². The molecule has 0 radical (unpaired) electrons. The van der Waals surface area contributed by atoms with Crippen molar-refractivity contribution in [3.63, 3.8) is 0 Å². The normalized spacial score (nSPS) is 10.9. The number of halogens is 1. The van der Waals surface area contributed by atoms with Gasteiger partial charge in [-0.3, -0.25) is 20.2 Å². The molecule has 0 bridgehead atoms. The van der Waals surface area contributed by atoms with Crippen LogP contribution >= 0.6 is 0 Å². The Morgan fingerprint density at radius 2 is 1.74 bits per heavy atom. The molecular formula is C7H9FN6O5. The number of anilines is 1. The molecule has 1 aromatic rings. The van der Waals surface area contributed by atoms with Gasteiger partial charge in [0.05, 0.1) is 7.11 Å². The Balaban J connectivity index is 3.51. The molecule has 0 aliphatic carbocycles. The summed E-state index contributed by atoms with van der Waals surface area (Å²) in [7, 11) is 4.03. The number of rotatable bonds is 5. The Bertz CT molecular complexity index is 509. The first-order chi connectivity index (χ1) is 8.73. The molecule has 0 aliphatic heterocycles. The van der Waals surface area contributed by atoms with Gasteiger partial charge in [0.1, 0.15) is 9.85 Å². The highest BCUT2D eigenvalue weighted by Crippen LogP contribution is 2.26. The summed E-state index contributed by atoms with van der Waals surface area (Å²) in [5.74, 6) is -5.65. The van der Waals surface area contributed by atoms with Crippen molar-refractivity contribution in [1.29, 1.82) is 0 Å². The SMILES string of the molecule is COc1nc(N(C)C)nc(C(F)([N+](=O)[O-])[N+](=O)[O-])n1. The zero-order valence-corrected chi connectivity index (χ0v) is 10.1. The van der Waals surface area contributed by atoms with Crippen LogP contribution in [-0.4, -0.2) is 46.0 Å². The van der Waals surface area contributed by atoms with Crippen molar-refractivity contribution in [3.8, 4) is 6.01 Å². The van der Waals surface area contributed by atoms with Gasteiger partial charge in [0.25, 0.3) is 0 Å². The van der Waals surface area contributed by atoms with E-state index in [0.29, 0.717) is 0 Å². The summed E-state index contributed by atoms with van der Waals surface area (Å²) >= 11 is 0. The first kappa shape index (κ1) is 14.4. The van der Waals surface area contributed by atoms with E-state index in [2.05, 4.69) is 19.7 Å². The Hall–Kier alpha value is -2.66. The van der Waals surface area contributed by atoms with Crippen LogP contribution in [0.2, 0.25) is 0 Å². The predicted molar refractivity (Wildman–Crippen MR) is 57.5 cm³/mol. The first-order valence-electron chi connectivity index (χ1n) is 4.69. The number of alkyl halides is 1. The molecule has 19 heavy (non-hydrogen) atoms. The molecule has 0 amide bonds. The average Bonchev–Trinajstić information content (AvgIpc) is 2.36. The number of nitro groups is 2. The molecule has 12 heteroatoms. The molecule has 0 aromatic carbocycles. The van der Waals surface area contributed by atoms with Crippen molar-refractivity contribution in [2.45, 2.75) is 5.92 Å². The third-order valence-electron chi connectivity index (χ3n) is 1.95. The van der Waals surface area contributed by atoms with Gasteiger partial charge in [-0.05, 0) is 0 Å². The van der Waals surface area contributed by atoms with Crippen LogP contribution in [0, 0.1) is 20.2 Å². The number of methoxy groups -OCH3 is 1. The van der Waals surface area contributed by atoms with E-state index in [-0.39, 0.29) is 5.95 Å². The van der Waals surface area contributed by atoms with Gasteiger partial charge in [-0.25, -0.2) is 0 Å². The highest BCUT2D eigenvalue weighted by atomic mass is 19.2. The quantitative estimate of drug-likeness (QED) is 0.303. The summed E-state index contributed by atoms with van der Waals surface area (Å²) in [4.78, 5) is 29.2. The van der Waals surface area contributed by atoms with E-state index >= 15 is 0 Å². The van der Waals surface area contributed by atoms with Crippen molar-refractivity contribution < 1.29 is 19.0 Å². The van der Waals surface area contributed by atoms with Crippen LogP contribution < -0.4 is 9.64 Å². The number of hydrogen-bond donors (Lipinski definition) is 0. The summed E-state index contributed by atoms with van der Waals surface area (Å²) in [5, 5.41) is 21.2. The molecule has 104 valence electrons. The minimum Gasteiger partial charge on any atom is -0.467 e. The van der Waals surface area contributed by atoms with E-state index in [1.807, 2.05) is 0 Å². The molecule has 0 saturated carbocycles. The molecule has 11 nitrogen and oxygen atoms in total. The third-order valence-corrected chi connectivity index (χ3v) is 1.95. The lowest BCUT2D eigenvalue weighted by atomic mass is 10.4. The lowest BCUT2D eigenvalue weighted by molar-refractivity contribution is -0.847. The highest BCUT2D eigenvalue weighted by molar-refractivity contribution is 5.28. The second-order valence-electron chi connectivity index (χ2n) is 3.44. The molecule has 0 atom stereocenters. The van der Waals surface area contributed by atoms with E-state index in [4.69, 9.17) is 0 Å². The standard InChI is InChI=1S/C7H9FN6O5/c1-12(2)5-9-4(10-6(11-5)19-3)7(8,13(15)16)14(17)18/h1-3H3. The monoisotopic (exact) mass is 276 g/mol. The topological polar surface area (TPSA) is 137 Å². The van der Waals surface area contributed by atoms with Crippen LogP contribution in [0.15, 0.2) is 0 Å². The Labute approximate surface area is 105 Å². The van der Waals surface area contributed by atoms with Crippen molar-refractivity contribution in [3.05, 3.63) is 26.1 Å². The van der Waals surface area contributed by atoms with Crippen LogP contribution in [0.3, 0.4) is 0 Å². The average molecular weight is 276 g/mol. The van der Waals surface area contributed by atoms with Crippen molar-refractivity contribution >= 4 is 5.95 Å². The van der Waals surface area contributed by atoms with E-state index < -0.39 is 27.6 Å². The van der Waals surface area contributed by atoms with Gasteiger partial charge in [0, 0.05) is 14.1 Å². The maximum Gasteiger partial charge on any atom is 0.678 e. The van der Waals surface area contributed by atoms with E-state index in [1.54, 1.807) is 0 Å². The molecule has 0 saturated heterocycles. The molecule has 0 N–H and O–H groups in total. The number of ether oxygens (including phenoxy) is 1. The molecule has 0 aliphatic rings. The summed E-state index contributed by atoms with van der Waals surface area (Å²) < 4.78 is 18.5. The minimum atomic E-state index is -4.17. The highest BCUT2D eigenvalue weighted by Gasteiger charge is 2.64. The van der Waals surface area contributed by atoms with Gasteiger partial charge in [0.2, 0.25) is 5.95 Å². The van der Waals surface area contributed by atoms with Crippen LogP contribution in [0.4, 0.5) is 10.3 Å². The Morgan fingerprint density at radius 3 is 2.11 bits per heavy atom. The van der Waals surface area contributed by atoms with Crippen LogP contribution in [0.5, 0.6) is 6.01 Å². The maximum atomic E-state index is 13.9. The molecule has 0 spiro atoms. The Morgan fingerprint density at radius 1 is 1.21 bits per heavy atom. The largest absolute Gasteiger partial charge is 0.678 e. The molecule has 0 unspecified atom stereocenters. The fraction of sp³-hybridized carbons (Fsp3) is 0.571. The minimum absolute atomic E-state index is 0.215. The summed E-state index contributed by atoms with van der Waals surface area (Å²) in [6.07, 6.45) is 0.